The van der Waals surface area contributed by atoms with Gasteiger partial charge in [0.2, 0.25) is 15.0 Å². The number of hydrogen-bond donors (Lipinski definition) is 0. The average Bonchev–Trinajstić information content (AvgIpc) is 3.30. The lowest BCUT2D eigenvalue weighted by atomic mass is 10.1. The second kappa shape index (κ2) is 9.26. The van der Waals surface area contributed by atoms with Crippen molar-refractivity contribution in [2.45, 2.75) is 89.3 Å². The van der Waals surface area contributed by atoms with Gasteiger partial charge in [0.05, 0.1) is 17.1 Å². The van der Waals surface area contributed by atoms with E-state index in [1.54, 1.807) is 20.0 Å². The van der Waals surface area contributed by atoms with Crippen LogP contribution in [-0.4, -0.2) is 65.2 Å². The fraction of sp³-hybridized carbons (Fsp3) is 0.857. The molecular weight excluding hydrogens is 372 g/mol. The van der Waals surface area contributed by atoms with Crippen molar-refractivity contribution in [2.24, 2.45) is 5.92 Å². The van der Waals surface area contributed by atoms with Crippen LogP contribution in [0.5, 0.6) is 0 Å². The highest BCUT2D eigenvalue weighted by Crippen LogP contribution is 2.25. The van der Waals surface area contributed by atoms with Crippen molar-refractivity contribution in [3.63, 3.8) is 0 Å². The topological polar surface area (TPSA) is 58.4 Å². The number of nitrogens with zero attached hydrogens (tertiary/aromatic N) is 4. The van der Waals surface area contributed by atoms with Gasteiger partial charge in [-0.1, -0.05) is 26.7 Å². The van der Waals surface area contributed by atoms with E-state index in [4.69, 9.17) is 0 Å². The monoisotopic (exact) mass is 410 g/mol. The van der Waals surface area contributed by atoms with Crippen LogP contribution in [0.4, 0.5) is 0 Å². The molecule has 0 amide bonds. The molecule has 160 valence electrons. The molecule has 0 aromatic carbocycles. The molecule has 0 radical (unpaired) electrons. The summed E-state index contributed by atoms with van der Waals surface area (Å²) in [5, 5.41) is -0.196. The summed E-state index contributed by atoms with van der Waals surface area (Å²) in [6.45, 7) is 13.7. The molecule has 0 bridgehead atoms. The number of imidazole rings is 1. The summed E-state index contributed by atoms with van der Waals surface area (Å²) in [7, 11) is -3.37. The average molecular weight is 411 g/mol. The molecule has 0 atom stereocenters. The van der Waals surface area contributed by atoms with Gasteiger partial charge in [0, 0.05) is 45.3 Å². The van der Waals surface area contributed by atoms with Crippen molar-refractivity contribution < 1.29 is 8.42 Å². The normalized spacial score (nSPS) is 20.6. The summed E-state index contributed by atoms with van der Waals surface area (Å²) in [6.07, 6.45) is 8.23. The first-order valence-electron chi connectivity index (χ1n) is 11.0. The maximum absolute atomic E-state index is 12.8. The van der Waals surface area contributed by atoms with Crippen molar-refractivity contribution in [2.75, 3.05) is 26.2 Å². The highest BCUT2D eigenvalue weighted by Gasteiger charge is 2.29. The van der Waals surface area contributed by atoms with Crippen molar-refractivity contribution in [1.29, 1.82) is 0 Å². The molecule has 2 aliphatic rings. The molecule has 1 saturated carbocycles. The van der Waals surface area contributed by atoms with Crippen molar-refractivity contribution in [3.05, 3.63) is 11.9 Å². The molecule has 1 aliphatic heterocycles. The summed E-state index contributed by atoms with van der Waals surface area (Å²) >= 11 is 0. The first kappa shape index (κ1) is 21.8. The van der Waals surface area contributed by atoms with Crippen molar-refractivity contribution in [1.82, 2.24) is 19.4 Å². The van der Waals surface area contributed by atoms with E-state index in [1.165, 1.54) is 25.7 Å². The zero-order valence-electron chi connectivity index (χ0n) is 18.1. The third-order valence-corrected chi connectivity index (χ3v) is 8.42. The Hall–Kier alpha value is -0.920. The summed E-state index contributed by atoms with van der Waals surface area (Å²) in [6, 6.07) is 0.793. The van der Waals surface area contributed by atoms with Crippen molar-refractivity contribution in [3.8, 4) is 0 Å². The van der Waals surface area contributed by atoms with Crippen molar-refractivity contribution >= 4 is 9.84 Å². The van der Waals surface area contributed by atoms with Crippen LogP contribution >= 0.6 is 0 Å². The lowest BCUT2D eigenvalue weighted by Crippen LogP contribution is -2.49. The van der Waals surface area contributed by atoms with Gasteiger partial charge in [-0.25, -0.2) is 13.4 Å². The minimum atomic E-state index is -3.37. The van der Waals surface area contributed by atoms with Crippen LogP contribution in [-0.2, 0) is 22.9 Å². The van der Waals surface area contributed by atoms with Crippen LogP contribution in [0.2, 0.25) is 0 Å². The lowest BCUT2D eigenvalue weighted by molar-refractivity contribution is 0.0920. The molecule has 3 rings (SSSR count). The van der Waals surface area contributed by atoms with Gasteiger partial charge in [0.15, 0.2) is 0 Å². The Bertz CT molecular complexity index is 728. The molecule has 6 nitrogen and oxygen atoms in total. The SMILES string of the molecule is CC(C)CCn1c(CN2CCN(C3CCCC3)CC2)cnc1S(=O)(=O)C(C)C. The number of aromatic nitrogens is 2. The van der Waals surface area contributed by atoms with E-state index in [9.17, 15) is 8.42 Å². The Kier molecular flexibility index (Phi) is 7.21. The highest BCUT2D eigenvalue weighted by atomic mass is 32.2. The second-order valence-electron chi connectivity index (χ2n) is 9.21. The standard InChI is InChI=1S/C21H38N4O2S/c1-17(2)9-10-25-20(15-22-21(25)28(26,27)18(3)4)16-23-11-13-24(14-12-23)19-7-5-6-8-19/h15,17-19H,5-14,16H2,1-4H3. The molecule has 1 aromatic rings. The maximum atomic E-state index is 12.8. The molecule has 2 heterocycles. The van der Waals surface area contributed by atoms with Crippen LogP contribution in [0.3, 0.4) is 0 Å². The van der Waals surface area contributed by atoms with E-state index in [0.29, 0.717) is 5.92 Å². The molecule has 28 heavy (non-hydrogen) atoms. The molecule has 1 aliphatic carbocycles. The van der Waals surface area contributed by atoms with Crippen LogP contribution in [0.25, 0.3) is 0 Å². The predicted octanol–water partition coefficient (Wildman–Crippen LogP) is 3.17. The molecule has 0 spiro atoms. The Morgan fingerprint density at radius 3 is 2.29 bits per heavy atom. The zero-order valence-corrected chi connectivity index (χ0v) is 18.9. The Labute approximate surface area is 171 Å². The van der Waals surface area contributed by atoms with Gasteiger partial charge in [0.25, 0.3) is 0 Å². The summed E-state index contributed by atoms with van der Waals surface area (Å²) in [5.74, 6) is 0.528. The van der Waals surface area contributed by atoms with Crippen LogP contribution < -0.4 is 0 Å². The number of sulfone groups is 1. The van der Waals surface area contributed by atoms with Gasteiger partial charge in [-0.2, -0.15) is 0 Å². The molecular formula is C21H38N4O2S. The van der Waals surface area contributed by atoms with E-state index in [0.717, 1.165) is 57.4 Å². The summed E-state index contributed by atoms with van der Waals surface area (Å²) < 4.78 is 27.5. The number of piperazine rings is 1. The van der Waals surface area contributed by atoms with Gasteiger partial charge in [0.1, 0.15) is 0 Å². The maximum Gasteiger partial charge on any atom is 0.228 e. The predicted molar refractivity (Wildman–Crippen MR) is 113 cm³/mol. The number of hydrogen-bond acceptors (Lipinski definition) is 5. The third kappa shape index (κ3) is 4.97. The van der Waals surface area contributed by atoms with Gasteiger partial charge in [-0.05, 0) is 39.0 Å². The van der Waals surface area contributed by atoms with Gasteiger partial charge >= 0.3 is 0 Å². The van der Waals surface area contributed by atoms with Crippen LogP contribution in [0, 0.1) is 5.92 Å². The second-order valence-corrected chi connectivity index (χ2v) is 11.6. The molecule has 0 N–H and O–H groups in total. The Balaban J connectivity index is 1.70. The minimum absolute atomic E-state index is 0.253. The van der Waals surface area contributed by atoms with E-state index in [1.807, 2.05) is 4.57 Å². The highest BCUT2D eigenvalue weighted by molar-refractivity contribution is 7.91. The van der Waals surface area contributed by atoms with Crippen LogP contribution in [0.1, 0.15) is 65.5 Å². The Morgan fingerprint density at radius 1 is 1.07 bits per heavy atom. The molecule has 7 heteroatoms. The van der Waals surface area contributed by atoms with E-state index in [2.05, 4.69) is 28.6 Å². The summed E-state index contributed by atoms with van der Waals surface area (Å²) in [5.41, 5.74) is 1.04. The minimum Gasteiger partial charge on any atom is -0.318 e. The zero-order chi connectivity index (χ0) is 20.3. The number of rotatable bonds is 8. The van der Waals surface area contributed by atoms with Gasteiger partial charge in [-0.3, -0.25) is 9.80 Å². The van der Waals surface area contributed by atoms with Crippen LogP contribution in [0.15, 0.2) is 11.4 Å². The fourth-order valence-corrected chi connectivity index (χ4v) is 5.50. The molecule has 2 fully saturated rings. The van der Waals surface area contributed by atoms with E-state index < -0.39 is 15.1 Å². The largest absolute Gasteiger partial charge is 0.318 e. The lowest BCUT2D eigenvalue weighted by Gasteiger charge is -2.38. The smallest absolute Gasteiger partial charge is 0.228 e. The molecule has 0 unspecified atom stereocenters. The molecule has 1 aromatic heterocycles. The first-order valence-corrected chi connectivity index (χ1v) is 12.6. The molecule has 1 saturated heterocycles. The van der Waals surface area contributed by atoms with Gasteiger partial charge in [-0.15, -0.1) is 0 Å². The third-order valence-electron chi connectivity index (χ3n) is 6.34. The van der Waals surface area contributed by atoms with E-state index in [-0.39, 0.29) is 5.16 Å². The summed E-state index contributed by atoms with van der Waals surface area (Å²) in [4.78, 5) is 9.49. The quantitative estimate of drug-likeness (QED) is 0.659. The van der Waals surface area contributed by atoms with E-state index >= 15 is 0 Å². The van der Waals surface area contributed by atoms with Gasteiger partial charge < -0.3 is 4.57 Å². The first-order chi connectivity index (χ1) is 13.3. The Morgan fingerprint density at radius 2 is 1.71 bits per heavy atom. The fourth-order valence-electron chi connectivity index (χ4n) is 4.37.